The van der Waals surface area contributed by atoms with Crippen LogP contribution in [-0.4, -0.2) is 60.9 Å². The molecule has 9 heteroatoms. The molecule has 2 aliphatic heterocycles. The molecular weight excluding hydrogens is 548 g/mol. The zero-order chi connectivity index (χ0) is 29.5. The summed E-state index contributed by atoms with van der Waals surface area (Å²) in [5, 5.41) is 13.0. The van der Waals surface area contributed by atoms with E-state index in [1.165, 1.54) is 11.1 Å². The molecule has 2 N–H and O–H groups in total. The van der Waals surface area contributed by atoms with E-state index in [0.717, 1.165) is 73.4 Å². The second kappa shape index (κ2) is 11.4. The minimum atomic E-state index is -3.26. The number of amides is 2. The quantitative estimate of drug-likeness (QED) is 0.405. The van der Waals surface area contributed by atoms with Gasteiger partial charge in [0.2, 0.25) is 0 Å². The van der Waals surface area contributed by atoms with Crippen LogP contribution in [0.3, 0.4) is 0 Å². The Labute approximate surface area is 248 Å². The number of carbonyl (C=O) groups is 1. The number of urea groups is 1. The van der Waals surface area contributed by atoms with Gasteiger partial charge in [0, 0.05) is 43.7 Å². The number of pyridine rings is 1. The predicted octanol–water partition coefficient (Wildman–Crippen LogP) is 4.96. The highest BCUT2D eigenvalue weighted by atomic mass is 32.2. The van der Waals surface area contributed by atoms with Gasteiger partial charge in [-0.05, 0) is 73.2 Å². The van der Waals surface area contributed by atoms with Crippen LogP contribution >= 0.6 is 0 Å². The van der Waals surface area contributed by atoms with Crippen molar-refractivity contribution in [2.45, 2.75) is 75.5 Å². The van der Waals surface area contributed by atoms with Crippen LogP contribution in [0.5, 0.6) is 0 Å². The summed E-state index contributed by atoms with van der Waals surface area (Å²) in [5.74, 6) is 0.0591. The van der Waals surface area contributed by atoms with Gasteiger partial charge in [0.05, 0.1) is 33.8 Å². The summed E-state index contributed by atoms with van der Waals surface area (Å²) >= 11 is 0. The normalized spacial score (nSPS) is 19.9. The number of carbonyl (C=O) groups excluding carboxylic acids is 1. The predicted molar refractivity (Wildman–Crippen MR) is 164 cm³/mol. The van der Waals surface area contributed by atoms with Gasteiger partial charge < -0.3 is 10.4 Å². The van der Waals surface area contributed by atoms with Gasteiger partial charge in [-0.25, -0.2) is 18.2 Å². The number of hydrogen-bond donors (Lipinski definition) is 2. The van der Waals surface area contributed by atoms with Gasteiger partial charge in [-0.1, -0.05) is 44.0 Å². The van der Waals surface area contributed by atoms with Crippen molar-refractivity contribution in [3.05, 3.63) is 77.0 Å². The summed E-state index contributed by atoms with van der Waals surface area (Å²) in [6.45, 7) is 7.12. The van der Waals surface area contributed by atoms with Gasteiger partial charge in [0.25, 0.3) is 0 Å². The van der Waals surface area contributed by atoms with Crippen molar-refractivity contribution in [2.24, 2.45) is 0 Å². The molecule has 1 aliphatic carbocycles. The first kappa shape index (κ1) is 28.8. The summed E-state index contributed by atoms with van der Waals surface area (Å²) in [4.78, 5) is 23.2. The number of sulfone groups is 1. The van der Waals surface area contributed by atoms with Crippen LogP contribution in [0.25, 0.3) is 11.3 Å². The van der Waals surface area contributed by atoms with Crippen LogP contribution in [0.15, 0.2) is 59.5 Å². The van der Waals surface area contributed by atoms with Crippen LogP contribution in [0, 0.1) is 6.92 Å². The molecule has 0 unspecified atom stereocenters. The van der Waals surface area contributed by atoms with Gasteiger partial charge in [-0.15, -0.1) is 0 Å². The first-order chi connectivity index (χ1) is 20.2. The average molecular weight is 589 g/mol. The molecule has 2 fully saturated rings. The van der Waals surface area contributed by atoms with Gasteiger partial charge in [-0.2, -0.15) is 0 Å². The Bertz CT molecular complexity index is 1580. The topological polar surface area (TPSA) is 103 Å². The van der Waals surface area contributed by atoms with Crippen molar-refractivity contribution in [1.29, 1.82) is 0 Å². The Kier molecular flexibility index (Phi) is 7.85. The van der Waals surface area contributed by atoms with E-state index in [0.29, 0.717) is 24.5 Å². The first-order valence-electron chi connectivity index (χ1n) is 15.1. The maximum Gasteiger partial charge on any atom is 0.322 e. The molecule has 0 radical (unpaired) electrons. The number of aliphatic hydroxyl groups excluding tert-OH is 1. The number of anilines is 1. The van der Waals surface area contributed by atoms with E-state index in [1.807, 2.05) is 11.0 Å². The maximum atomic E-state index is 13.5. The van der Waals surface area contributed by atoms with Crippen LogP contribution in [0.1, 0.15) is 61.4 Å². The number of nitrogens with one attached hydrogen (secondary N) is 1. The highest BCUT2D eigenvalue weighted by Crippen LogP contribution is 2.50. The lowest BCUT2D eigenvalue weighted by atomic mass is 9.84. The number of β-amino-alcohol motifs (C(OH)–C–C–N with tert-alkyl or cyclic N) is 1. The van der Waals surface area contributed by atoms with Gasteiger partial charge >= 0.3 is 6.03 Å². The molecule has 8 nitrogen and oxygen atoms in total. The Balaban J connectivity index is 1.23. The molecule has 222 valence electrons. The third-order valence-corrected chi connectivity index (χ3v) is 11.0. The number of fused-ring (bicyclic) bond motifs is 2. The number of likely N-dealkylation sites (tertiary alicyclic amines) is 1. The van der Waals surface area contributed by atoms with Crippen molar-refractivity contribution in [1.82, 2.24) is 15.2 Å². The molecular formula is C33H40N4O4S. The van der Waals surface area contributed by atoms with Crippen LogP contribution in [0.4, 0.5) is 10.5 Å². The molecule has 3 aliphatic rings. The largest absolute Gasteiger partial charge is 0.392 e. The Morgan fingerprint density at radius 1 is 1.07 bits per heavy atom. The van der Waals surface area contributed by atoms with E-state index in [9.17, 15) is 18.3 Å². The Hall–Kier alpha value is -3.27. The van der Waals surface area contributed by atoms with E-state index in [2.05, 4.69) is 41.4 Å². The van der Waals surface area contributed by atoms with Crippen molar-refractivity contribution in [2.75, 3.05) is 30.3 Å². The summed E-state index contributed by atoms with van der Waals surface area (Å²) in [6.07, 6.45) is 4.88. The molecule has 2 amide bonds. The lowest BCUT2D eigenvalue weighted by Gasteiger charge is -2.24. The third kappa shape index (κ3) is 5.57. The second-order valence-electron chi connectivity index (χ2n) is 12.2. The highest BCUT2D eigenvalue weighted by molar-refractivity contribution is 7.91. The zero-order valence-electron chi connectivity index (χ0n) is 24.5. The monoisotopic (exact) mass is 588 g/mol. The van der Waals surface area contributed by atoms with E-state index in [4.69, 9.17) is 4.98 Å². The number of aromatic nitrogens is 1. The smallest absolute Gasteiger partial charge is 0.322 e. The van der Waals surface area contributed by atoms with Crippen LogP contribution in [0.2, 0.25) is 0 Å². The number of nitrogens with zero attached hydrogens (tertiary/aromatic N) is 3. The maximum absolute atomic E-state index is 13.5. The number of aryl methyl sites for hydroxylation is 1. The molecule has 3 aromatic rings. The fourth-order valence-corrected chi connectivity index (χ4v) is 7.70. The van der Waals surface area contributed by atoms with Crippen molar-refractivity contribution in [3.63, 3.8) is 0 Å². The SMILES string of the molecule is CCS(=O)(=O)c1ccc(CNC(=O)N2CC3(CCCC3)c3nc(-c4cc(CN5CC[C@H](O)C5)ccc4C)ccc32)cc1. The highest BCUT2D eigenvalue weighted by Gasteiger charge is 2.47. The van der Waals surface area contributed by atoms with Gasteiger partial charge in [0.15, 0.2) is 9.84 Å². The summed E-state index contributed by atoms with van der Waals surface area (Å²) in [5.41, 5.74) is 7.04. The van der Waals surface area contributed by atoms with Crippen LogP contribution in [-0.2, 0) is 28.3 Å². The molecule has 3 heterocycles. The number of aliphatic hydroxyl groups is 1. The van der Waals surface area contributed by atoms with E-state index < -0.39 is 9.84 Å². The number of benzene rings is 2. The van der Waals surface area contributed by atoms with Gasteiger partial charge in [0.1, 0.15) is 0 Å². The standard InChI is InChI=1S/C33H40N4O4S/c1-3-42(40,41)27-10-8-24(9-11-27)19-34-32(39)37-22-33(15-4-5-16-33)31-30(37)13-12-29(35-31)28-18-25(7-6-23(28)2)20-36-17-14-26(38)21-36/h6-13,18,26,38H,3-5,14-17,19-22H2,1-2H3,(H,34,39)/t26-/m0/s1. The summed E-state index contributed by atoms with van der Waals surface area (Å²) in [7, 11) is -3.26. The fraction of sp³-hybridized carbons (Fsp3) is 0.455. The molecule has 42 heavy (non-hydrogen) atoms. The molecule has 6 rings (SSSR count). The minimum absolute atomic E-state index is 0.0591. The molecule has 1 spiro atoms. The van der Waals surface area contributed by atoms with Gasteiger partial charge in [-0.3, -0.25) is 9.80 Å². The summed E-state index contributed by atoms with van der Waals surface area (Å²) in [6, 6.07) is 17.2. The zero-order valence-corrected chi connectivity index (χ0v) is 25.3. The minimum Gasteiger partial charge on any atom is -0.392 e. The van der Waals surface area contributed by atoms with E-state index in [1.54, 1.807) is 31.2 Å². The molecule has 0 bridgehead atoms. The molecule has 2 aromatic carbocycles. The van der Waals surface area contributed by atoms with E-state index >= 15 is 0 Å². The lowest BCUT2D eigenvalue weighted by Crippen LogP contribution is -2.41. The number of hydrogen-bond acceptors (Lipinski definition) is 6. The van der Waals surface area contributed by atoms with E-state index in [-0.39, 0.29) is 23.3 Å². The molecule has 1 aromatic heterocycles. The first-order valence-corrected chi connectivity index (χ1v) is 16.7. The molecule has 1 saturated heterocycles. The fourth-order valence-electron chi connectivity index (χ4n) is 6.81. The summed E-state index contributed by atoms with van der Waals surface area (Å²) < 4.78 is 24.3. The Morgan fingerprint density at radius 3 is 2.50 bits per heavy atom. The van der Waals surface area contributed by atoms with Crippen molar-refractivity contribution in [3.8, 4) is 11.3 Å². The second-order valence-corrected chi connectivity index (χ2v) is 14.4. The molecule has 1 saturated carbocycles. The third-order valence-electron chi connectivity index (χ3n) is 9.27. The van der Waals surface area contributed by atoms with Crippen molar-refractivity contribution < 1.29 is 18.3 Å². The number of rotatable bonds is 7. The lowest BCUT2D eigenvalue weighted by molar-refractivity contribution is 0.175. The van der Waals surface area contributed by atoms with Crippen molar-refractivity contribution >= 4 is 21.6 Å². The van der Waals surface area contributed by atoms with Crippen LogP contribution < -0.4 is 10.2 Å². The Morgan fingerprint density at radius 2 is 1.81 bits per heavy atom. The average Bonchev–Trinajstić information content (AvgIpc) is 3.72. The molecule has 1 atom stereocenters.